The third-order valence-electron chi connectivity index (χ3n) is 21.0. The molecule has 31 heteroatoms. The number of hydrogen-bond acceptors (Lipinski definition) is 21. The second-order valence-corrected chi connectivity index (χ2v) is 31.3. The van der Waals surface area contributed by atoms with Crippen LogP contribution in [0.25, 0.3) is 43.8 Å². The van der Waals surface area contributed by atoms with E-state index in [0.29, 0.717) is 68.7 Å². The highest BCUT2D eigenvalue weighted by molar-refractivity contribution is 5.98. The Hall–Kier alpha value is -13.3. The first-order valence-corrected chi connectivity index (χ1v) is 44.1. The van der Waals surface area contributed by atoms with Crippen LogP contribution in [0.1, 0.15) is 129 Å². The fourth-order valence-corrected chi connectivity index (χ4v) is 13.9. The summed E-state index contributed by atoms with van der Waals surface area (Å²) in [6, 6.07) is 56.9. The number of nitrogens with zero attached hydrogens (tertiary/aromatic N) is 1. The van der Waals surface area contributed by atoms with Crippen LogP contribution in [-0.4, -0.2) is 192 Å². The van der Waals surface area contributed by atoms with Crippen LogP contribution >= 0.6 is 0 Å². The maximum absolute atomic E-state index is 14.1. The zero-order chi connectivity index (χ0) is 93.2. The topological polar surface area (TPSA) is 432 Å². The first kappa shape index (κ1) is 101. The number of fused-ring (bicyclic) bond motifs is 2. The lowest BCUT2D eigenvalue weighted by Gasteiger charge is -2.23. The molecule has 0 aliphatic carbocycles. The summed E-state index contributed by atoms with van der Waals surface area (Å²) in [5, 5.41) is 49.8. The van der Waals surface area contributed by atoms with Gasteiger partial charge in [-0.05, 0) is 141 Å². The fraction of sp³-hybridized carbons (Fsp3) is 0.370. The van der Waals surface area contributed by atoms with Crippen molar-refractivity contribution in [3.05, 3.63) is 264 Å². The summed E-state index contributed by atoms with van der Waals surface area (Å²) in [7, 11) is 0. The molecule has 0 aliphatic rings. The number of carbonyl (C=O) groups is 10. The molecule has 9 aromatic rings. The Bertz CT molecular complexity index is 5170. The molecule has 31 nitrogen and oxygen atoms in total. The molecule has 0 fully saturated rings. The van der Waals surface area contributed by atoms with Gasteiger partial charge in [-0.3, -0.25) is 38.4 Å². The molecule has 3 unspecified atom stereocenters. The summed E-state index contributed by atoms with van der Waals surface area (Å²) >= 11 is 0. The molecule has 0 bridgehead atoms. The number of aryl methyl sites for hydroxylation is 1. The van der Waals surface area contributed by atoms with Gasteiger partial charge in [-0.25, -0.2) is 14.6 Å². The van der Waals surface area contributed by atoms with E-state index >= 15 is 0 Å². The molecule has 131 heavy (non-hydrogen) atoms. The quantitative estimate of drug-likeness (QED) is 0.0124. The van der Waals surface area contributed by atoms with E-state index in [1.54, 1.807) is 36.5 Å². The van der Waals surface area contributed by atoms with E-state index in [0.717, 1.165) is 77.2 Å². The van der Waals surface area contributed by atoms with Crippen LogP contribution in [0.15, 0.2) is 225 Å². The van der Waals surface area contributed by atoms with E-state index in [4.69, 9.17) is 43.6 Å². The van der Waals surface area contributed by atoms with Crippen molar-refractivity contribution in [2.75, 3.05) is 104 Å². The number of hydrogen-bond donors (Lipinski definition) is 12. The molecule has 696 valence electrons. The van der Waals surface area contributed by atoms with Gasteiger partial charge in [-0.2, -0.15) is 0 Å². The molecule has 5 atom stereocenters. The zero-order valence-corrected chi connectivity index (χ0v) is 74.3. The van der Waals surface area contributed by atoms with Gasteiger partial charge in [0.05, 0.1) is 104 Å². The van der Waals surface area contributed by atoms with Gasteiger partial charge in [-0.15, -0.1) is 0 Å². The molecule has 8 aromatic carbocycles. The lowest BCUT2D eigenvalue weighted by molar-refractivity contribution is -0.139. The Morgan fingerprint density at radius 1 is 0.435 bits per heavy atom. The number of carboxylic acids is 2. The summed E-state index contributed by atoms with van der Waals surface area (Å²) < 4.78 is 44.4. The largest absolute Gasteiger partial charge is 0.481 e. The number of aromatic nitrogens is 1. The van der Waals surface area contributed by atoms with Crippen molar-refractivity contribution in [1.29, 1.82) is 0 Å². The number of anilines is 1. The smallest absolute Gasteiger partial charge is 0.407 e. The number of benzene rings is 8. The minimum atomic E-state index is -1.17. The highest BCUT2D eigenvalue weighted by Gasteiger charge is 2.29. The third-order valence-corrected chi connectivity index (χ3v) is 21.0. The lowest BCUT2D eigenvalue weighted by atomic mass is 9.95. The second-order valence-electron chi connectivity index (χ2n) is 31.3. The lowest BCUT2D eigenvalue weighted by Crippen LogP contribution is -2.50. The van der Waals surface area contributed by atoms with Crippen LogP contribution < -0.4 is 53.6 Å². The standard InChI is InChI=1S/C100H121N11O20/c1-4-69(2)59-81(101)19-13-24-93(114)108-88(97(120)110-86(61-95(116)117)79-38-34-77(35-39-79)84-22-11-17-75-15-5-7-20-82(75)84)67-128-65-73-30-26-71(27-31-73)63-106-91(112)43-49-124-51-53-126-55-57-130-99(122)104-45-9-10-46-105-100(123)131-58-56-127-54-52-125-50-44-92(113)107-64-72-28-32-74(33-29-72)66-129-68-89(109-94(115)25-14-47-102-90-60-70(3)42-48-103-90)98(121)111-87(62-96(118)119)80-40-36-78(37-41-80)85-23-12-18-76-16-6-8-21-83(76)85/h4-8,11-12,15-18,20-23,26-42,48,59-60,81,86-89H,1,9-10,13-14,19,24-25,43-47,49-58,61-68,101H2,2-3H3,(H,102,103)(H,104,122)(H,105,123)(H,106,112)(H,107,113)(H,108,114)(H,109,115)(H,110,120)(H,111,121)(H,116,117)(H,118,119)/b69-59-/t81?,86?,87?,88-,89-/m0/s1. The van der Waals surface area contributed by atoms with Crippen molar-refractivity contribution in [2.24, 2.45) is 5.73 Å². The number of allylic oxidation sites excluding steroid dienone is 2. The Morgan fingerprint density at radius 2 is 0.855 bits per heavy atom. The number of pyridine rings is 1. The van der Waals surface area contributed by atoms with Gasteiger partial charge in [0.15, 0.2) is 0 Å². The zero-order valence-electron chi connectivity index (χ0n) is 74.3. The molecule has 1 heterocycles. The van der Waals surface area contributed by atoms with Crippen LogP contribution in [0, 0.1) is 6.92 Å². The van der Waals surface area contributed by atoms with Crippen molar-refractivity contribution < 1.29 is 96.1 Å². The Balaban J connectivity index is 0.554. The van der Waals surface area contributed by atoms with Crippen LogP contribution in [0.4, 0.5) is 15.4 Å². The molecule has 0 spiro atoms. The number of amides is 8. The van der Waals surface area contributed by atoms with Gasteiger partial charge < -0.3 is 102 Å². The van der Waals surface area contributed by atoms with Gasteiger partial charge in [0.1, 0.15) is 31.1 Å². The van der Waals surface area contributed by atoms with Gasteiger partial charge in [0.25, 0.3) is 0 Å². The number of ether oxygens (including phenoxy) is 8. The van der Waals surface area contributed by atoms with E-state index in [9.17, 15) is 58.2 Å². The summed E-state index contributed by atoms with van der Waals surface area (Å²) in [4.78, 5) is 133. The number of unbranched alkanes of at least 4 members (excludes halogenated alkanes) is 1. The maximum Gasteiger partial charge on any atom is 0.407 e. The number of carbonyl (C=O) groups excluding carboxylic acids is 8. The van der Waals surface area contributed by atoms with Gasteiger partial charge in [-0.1, -0.05) is 206 Å². The van der Waals surface area contributed by atoms with Crippen molar-refractivity contribution in [2.45, 2.75) is 141 Å². The predicted octanol–water partition coefficient (Wildman–Crippen LogP) is 12.2. The van der Waals surface area contributed by atoms with Crippen LogP contribution in [0.2, 0.25) is 0 Å². The minimum Gasteiger partial charge on any atom is -0.481 e. The van der Waals surface area contributed by atoms with Crippen molar-refractivity contribution in [3.8, 4) is 22.3 Å². The average molecular weight is 1800 g/mol. The fourth-order valence-electron chi connectivity index (χ4n) is 13.9. The van der Waals surface area contributed by atoms with E-state index in [-0.39, 0.29) is 155 Å². The van der Waals surface area contributed by atoms with Gasteiger partial charge >= 0.3 is 24.1 Å². The molecule has 13 N–H and O–H groups in total. The van der Waals surface area contributed by atoms with Crippen molar-refractivity contribution >= 4 is 86.9 Å². The van der Waals surface area contributed by atoms with E-state index < -0.39 is 78.9 Å². The summed E-state index contributed by atoms with van der Waals surface area (Å²) in [6.45, 7) is 10.4. The monoisotopic (exact) mass is 1800 g/mol. The highest BCUT2D eigenvalue weighted by Crippen LogP contribution is 2.33. The number of aliphatic carboxylic acids is 2. The van der Waals surface area contributed by atoms with E-state index in [1.807, 2.05) is 190 Å². The number of carboxylic acid groups (broad SMARTS) is 2. The Kier molecular flexibility index (Phi) is 44.1. The number of nitrogens with two attached hydrogens (primary N) is 1. The van der Waals surface area contributed by atoms with Gasteiger partial charge in [0.2, 0.25) is 35.4 Å². The molecule has 0 radical (unpaired) electrons. The van der Waals surface area contributed by atoms with Crippen molar-refractivity contribution in [3.63, 3.8) is 0 Å². The first-order chi connectivity index (χ1) is 63.6. The van der Waals surface area contributed by atoms with Crippen LogP contribution in [-0.2, 0) is 103 Å². The summed E-state index contributed by atoms with van der Waals surface area (Å²) in [5.41, 5.74) is 16.4. The molecule has 8 amide bonds. The molecule has 9 rings (SSSR count). The normalized spacial score (nSPS) is 12.4. The summed E-state index contributed by atoms with van der Waals surface area (Å²) in [6.07, 6.45) is 6.15. The van der Waals surface area contributed by atoms with Crippen molar-refractivity contribution in [1.82, 2.24) is 47.5 Å². The second kappa shape index (κ2) is 56.9. The van der Waals surface area contributed by atoms with Gasteiger partial charge in [0, 0.05) is 70.6 Å². The molecule has 0 saturated carbocycles. The Morgan fingerprint density at radius 3 is 1.30 bits per heavy atom. The molecule has 1 aromatic heterocycles. The number of rotatable bonds is 60. The molecular weight excluding hydrogens is 1680 g/mol. The highest BCUT2D eigenvalue weighted by atomic mass is 16.6. The molecule has 0 saturated heterocycles. The first-order valence-electron chi connectivity index (χ1n) is 44.1. The predicted molar refractivity (Wildman–Crippen MR) is 498 cm³/mol. The van der Waals surface area contributed by atoms with Crippen LogP contribution in [0.3, 0.4) is 0 Å². The Labute approximate surface area is 763 Å². The molecule has 0 aliphatic heterocycles. The summed E-state index contributed by atoms with van der Waals surface area (Å²) in [5.74, 6) is -4.01. The molecular formula is C100H121N11O20. The number of alkyl carbamates (subject to hydrolysis) is 2. The SMILES string of the molecule is C=C/C(C)=C\C(N)CCCC(=O)N[C@@H](COCc1ccc(CNC(=O)CCOCCOCCOC(=O)NCCCCNC(=O)OCCOCCOCCC(=O)NCc2ccc(COC[C@H](NC(=O)CCCNc3cc(C)ccn3)C(=O)NC(CC(=O)O)c3ccc(-c4cccc5ccccc45)cc3)cc2)cc1)C(=O)NC(CC(=O)O)c1ccc(-c2cccc3ccccc23)cc1. The third kappa shape index (κ3) is 38.1. The van der Waals surface area contributed by atoms with Crippen LogP contribution in [0.5, 0.6) is 0 Å². The maximum atomic E-state index is 14.1. The van der Waals surface area contributed by atoms with E-state index in [1.165, 1.54) is 0 Å². The van der Waals surface area contributed by atoms with E-state index in [2.05, 4.69) is 59.4 Å². The number of nitrogens with one attached hydrogen (secondary N) is 9. The average Bonchev–Trinajstić information content (AvgIpc) is 0.804. The minimum absolute atomic E-state index is 0.00700.